The van der Waals surface area contributed by atoms with Gasteiger partial charge in [-0.05, 0) is 19.8 Å². The fourth-order valence-corrected chi connectivity index (χ4v) is 1.95. The summed E-state index contributed by atoms with van der Waals surface area (Å²) in [5.74, 6) is 4.70. The summed E-state index contributed by atoms with van der Waals surface area (Å²) in [7, 11) is 0. The van der Waals surface area contributed by atoms with Crippen molar-refractivity contribution < 1.29 is 9.59 Å². The molecule has 82 valence electrons. The highest BCUT2D eigenvalue weighted by Crippen LogP contribution is 2.24. The molecule has 5 heteroatoms. The van der Waals surface area contributed by atoms with Gasteiger partial charge in [0.05, 0.1) is 6.04 Å². The first-order chi connectivity index (χ1) is 7.11. The van der Waals surface area contributed by atoms with Crippen LogP contribution in [0, 0.1) is 11.8 Å². The van der Waals surface area contributed by atoms with Crippen molar-refractivity contribution in [3.63, 3.8) is 0 Å². The molecule has 2 amide bonds. The molecule has 0 radical (unpaired) electrons. The smallest absolute Gasteiger partial charge is 0.240 e. The minimum atomic E-state index is -0.554. The maximum atomic E-state index is 11.5. The molecule has 1 aliphatic heterocycles. The number of hydrogen-bond donors (Lipinski definition) is 1. The van der Waals surface area contributed by atoms with Crippen molar-refractivity contribution in [2.45, 2.75) is 31.8 Å². The highest BCUT2D eigenvalue weighted by atomic mass is 35.5. The topological polar surface area (TPSA) is 63.4 Å². The molecule has 2 atom stereocenters. The Morgan fingerprint density at radius 3 is 2.67 bits per heavy atom. The number of alkyl halides is 1. The Kier molecular flexibility index (Phi) is 3.98. The van der Waals surface area contributed by atoms with Gasteiger partial charge in [0, 0.05) is 0 Å². The van der Waals surface area contributed by atoms with Gasteiger partial charge in [-0.1, -0.05) is 5.92 Å². The van der Waals surface area contributed by atoms with Gasteiger partial charge in [-0.25, -0.2) is 0 Å². The molecule has 1 aliphatic rings. The highest BCUT2D eigenvalue weighted by Gasteiger charge is 2.38. The van der Waals surface area contributed by atoms with E-state index < -0.39 is 11.9 Å². The Labute approximate surface area is 93.7 Å². The van der Waals surface area contributed by atoms with Crippen LogP contribution in [0.25, 0.3) is 0 Å². The largest absolute Gasteiger partial charge is 0.368 e. The van der Waals surface area contributed by atoms with E-state index >= 15 is 0 Å². The first-order valence-corrected chi connectivity index (χ1v) is 5.24. The molecule has 1 saturated heterocycles. The van der Waals surface area contributed by atoms with Crippen LogP contribution in [-0.4, -0.2) is 34.7 Å². The average molecular weight is 229 g/mol. The van der Waals surface area contributed by atoms with Gasteiger partial charge in [-0.15, -0.1) is 17.5 Å². The van der Waals surface area contributed by atoms with Crippen LogP contribution in [-0.2, 0) is 9.59 Å². The van der Waals surface area contributed by atoms with Crippen LogP contribution in [0.1, 0.15) is 19.8 Å². The number of primary amides is 1. The number of nitrogens with two attached hydrogens (primary N) is 1. The fourth-order valence-electron chi connectivity index (χ4n) is 1.82. The van der Waals surface area contributed by atoms with Gasteiger partial charge in [-0.3, -0.25) is 9.59 Å². The number of nitrogens with zero attached hydrogens (tertiary/aromatic N) is 1. The van der Waals surface area contributed by atoms with Gasteiger partial charge >= 0.3 is 0 Å². The third-order valence-electron chi connectivity index (χ3n) is 2.43. The average Bonchev–Trinajstić information content (AvgIpc) is 2.61. The van der Waals surface area contributed by atoms with E-state index in [0.717, 1.165) is 0 Å². The predicted octanol–water partition coefficient (Wildman–Crippen LogP) is 0.0934. The van der Waals surface area contributed by atoms with Crippen molar-refractivity contribution in [3.05, 3.63) is 0 Å². The number of rotatable bonds is 2. The van der Waals surface area contributed by atoms with Gasteiger partial charge in [0.15, 0.2) is 0 Å². The summed E-state index contributed by atoms with van der Waals surface area (Å²) < 4.78 is 0. The molecule has 0 saturated carbocycles. The van der Waals surface area contributed by atoms with E-state index in [2.05, 4.69) is 11.8 Å². The first kappa shape index (κ1) is 11.9. The van der Waals surface area contributed by atoms with E-state index in [1.54, 1.807) is 6.92 Å². The molecular formula is C10H13ClN2O2. The zero-order valence-electron chi connectivity index (χ0n) is 8.50. The third kappa shape index (κ3) is 2.42. The van der Waals surface area contributed by atoms with Crippen molar-refractivity contribution in [3.8, 4) is 11.8 Å². The standard InChI is InChI=1S/C10H13ClN2O2/c1-2-3-7-4-5-8(10(12)15)13(7)9(14)6-11/h7-8H,4-6H2,1H3,(H2,12,15)/t7-,8-/m0/s1. The monoisotopic (exact) mass is 228 g/mol. The van der Waals surface area contributed by atoms with Crippen LogP contribution >= 0.6 is 11.6 Å². The molecule has 1 heterocycles. The number of amides is 2. The summed E-state index contributed by atoms with van der Waals surface area (Å²) in [4.78, 5) is 24.1. The van der Waals surface area contributed by atoms with Crippen LogP contribution in [0.3, 0.4) is 0 Å². The van der Waals surface area contributed by atoms with E-state index in [1.165, 1.54) is 4.90 Å². The molecule has 15 heavy (non-hydrogen) atoms. The molecule has 1 fully saturated rings. The molecule has 4 nitrogen and oxygen atoms in total. The first-order valence-electron chi connectivity index (χ1n) is 4.70. The lowest BCUT2D eigenvalue weighted by atomic mass is 10.2. The number of carbonyl (C=O) groups excluding carboxylic acids is 2. The fraction of sp³-hybridized carbons (Fsp3) is 0.600. The lowest BCUT2D eigenvalue weighted by molar-refractivity contribution is -0.136. The van der Waals surface area contributed by atoms with Crippen LogP contribution in [0.15, 0.2) is 0 Å². The minimum Gasteiger partial charge on any atom is -0.368 e. The van der Waals surface area contributed by atoms with Crippen LogP contribution < -0.4 is 5.73 Å². The summed E-state index contributed by atoms with van der Waals surface area (Å²) in [6.07, 6.45) is 1.24. The van der Waals surface area contributed by atoms with Gasteiger partial charge in [0.1, 0.15) is 11.9 Å². The summed E-state index contributed by atoms with van der Waals surface area (Å²) in [6, 6.07) is -0.777. The highest BCUT2D eigenvalue weighted by molar-refractivity contribution is 6.27. The summed E-state index contributed by atoms with van der Waals surface area (Å²) >= 11 is 5.48. The second-order valence-corrected chi connectivity index (χ2v) is 3.61. The Morgan fingerprint density at radius 1 is 1.53 bits per heavy atom. The Hall–Kier alpha value is -1.21. The second kappa shape index (κ2) is 5.04. The molecule has 0 aliphatic carbocycles. The number of likely N-dealkylation sites (tertiary alicyclic amines) is 1. The van der Waals surface area contributed by atoms with Crippen molar-refractivity contribution in [1.82, 2.24) is 4.90 Å². The Balaban J connectivity index is 2.90. The third-order valence-corrected chi connectivity index (χ3v) is 2.66. The molecule has 0 bridgehead atoms. The normalized spacial score (nSPS) is 24.5. The Morgan fingerprint density at radius 2 is 2.20 bits per heavy atom. The van der Waals surface area contributed by atoms with Gasteiger partial charge in [0.2, 0.25) is 11.8 Å². The van der Waals surface area contributed by atoms with E-state index in [-0.39, 0.29) is 17.8 Å². The van der Waals surface area contributed by atoms with Crippen LogP contribution in [0.4, 0.5) is 0 Å². The van der Waals surface area contributed by atoms with Gasteiger partial charge in [-0.2, -0.15) is 0 Å². The van der Waals surface area contributed by atoms with E-state index in [9.17, 15) is 9.59 Å². The van der Waals surface area contributed by atoms with E-state index in [0.29, 0.717) is 12.8 Å². The summed E-state index contributed by atoms with van der Waals surface area (Å²) in [5.41, 5.74) is 5.21. The van der Waals surface area contributed by atoms with Crippen molar-refractivity contribution in [2.75, 3.05) is 5.88 Å². The molecule has 0 aromatic rings. The number of hydrogen-bond acceptors (Lipinski definition) is 2. The maximum Gasteiger partial charge on any atom is 0.240 e. The molecule has 0 aromatic carbocycles. The zero-order valence-corrected chi connectivity index (χ0v) is 9.25. The summed E-state index contributed by atoms with van der Waals surface area (Å²) in [5, 5.41) is 0. The molecule has 0 unspecified atom stereocenters. The molecule has 0 aromatic heterocycles. The quantitative estimate of drug-likeness (QED) is 0.538. The zero-order chi connectivity index (χ0) is 11.4. The van der Waals surface area contributed by atoms with Crippen molar-refractivity contribution >= 4 is 23.4 Å². The van der Waals surface area contributed by atoms with E-state index in [1.807, 2.05) is 0 Å². The lowest BCUT2D eigenvalue weighted by Gasteiger charge is -2.24. The number of carbonyl (C=O) groups is 2. The molecule has 2 N–H and O–H groups in total. The van der Waals surface area contributed by atoms with Crippen LogP contribution in [0.5, 0.6) is 0 Å². The second-order valence-electron chi connectivity index (χ2n) is 3.34. The predicted molar refractivity (Wildman–Crippen MR) is 57.0 cm³/mol. The minimum absolute atomic E-state index is 0.147. The molecular weight excluding hydrogens is 216 g/mol. The SMILES string of the molecule is CC#C[C@H]1CC[C@@H](C(N)=O)N1C(=O)CCl. The Bertz CT molecular complexity index is 332. The lowest BCUT2D eigenvalue weighted by Crippen LogP contribution is -2.47. The van der Waals surface area contributed by atoms with Crippen molar-refractivity contribution in [2.24, 2.45) is 5.73 Å². The molecule has 1 rings (SSSR count). The summed E-state index contributed by atoms with van der Waals surface area (Å²) in [6.45, 7) is 1.70. The van der Waals surface area contributed by atoms with Crippen molar-refractivity contribution in [1.29, 1.82) is 0 Å². The van der Waals surface area contributed by atoms with Gasteiger partial charge < -0.3 is 10.6 Å². The van der Waals surface area contributed by atoms with Gasteiger partial charge in [0.25, 0.3) is 0 Å². The van der Waals surface area contributed by atoms with Crippen LogP contribution in [0.2, 0.25) is 0 Å². The number of halogens is 1. The van der Waals surface area contributed by atoms with E-state index in [4.69, 9.17) is 17.3 Å². The molecule has 0 spiro atoms. The maximum absolute atomic E-state index is 11.5.